The van der Waals surface area contributed by atoms with Crippen LogP contribution in [0.2, 0.25) is 0 Å². The number of pyridine rings is 1. The largest absolute Gasteiger partial charge is 0.497 e. The van der Waals surface area contributed by atoms with Crippen molar-refractivity contribution >= 4 is 34.3 Å². The minimum atomic E-state index is -0.157. The second-order valence-electron chi connectivity index (χ2n) is 9.19. The molecule has 0 N–H and O–H groups in total. The molecular weight excluding hydrogens is 466 g/mol. The number of carbonyl (C=O) groups is 1. The Morgan fingerprint density at radius 1 is 1.00 bits per heavy atom. The van der Waals surface area contributed by atoms with Gasteiger partial charge in [-0.15, -0.1) is 0 Å². The van der Waals surface area contributed by atoms with E-state index in [0.29, 0.717) is 6.42 Å². The maximum absolute atomic E-state index is 13.5. The SMILES string of the molecule is COc1ccc(C2CC(c3ccccc3)=NN2C(=O)CSc2cc(C)c3cc(C)cc(C)c3n2)cc1. The molecular formula is C30H29N3O2S. The van der Waals surface area contributed by atoms with Gasteiger partial charge in [0.05, 0.1) is 35.2 Å². The lowest BCUT2D eigenvalue weighted by Gasteiger charge is -2.22. The van der Waals surface area contributed by atoms with E-state index < -0.39 is 0 Å². The van der Waals surface area contributed by atoms with Gasteiger partial charge in [-0.1, -0.05) is 65.9 Å². The number of aryl methyl sites for hydroxylation is 3. The molecule has 36 heavy (non-hydrogen) atoms. The summed E-state index contributed by atoms with van der Waals surface area (Å²) in [5.74, 6) is 1.02. The van der Waals surface area contributed by atoms with E-state index in [1.807, 2.05) is 54.6 Å². The Morgan fingerprint density at radius 3 is 2.47 bits per heavy atom. The number of hydrogen-bond donors (Lipinski definition) is 0. The van der Waals surface area contributed by atoms with E-state index in [4.69, 9.17) is 14.8 Å². The van der Waals surface area contributed by atoms with Crippen LogP contribution in [0.5, 0.6) is 5.75 Å². The zero-order valence-corrected chi connectivity index (χ0v) is 21.8. The number of thioether (sulfide) groups is 1. The third-order valence-electron chi connectivity index (χ3n) is 6.55. The molecule has 0 saturated heterocycles. The molecule has 0 fully saturated rings. The van der Waals surface area contributed by atoms with E-state index in [9.17, 15) is 4.79 Å². The Labute approximate surface area is 216 Å². The number of carbonyl (C=O) groups excluding carboxylic acids is 1. The van der Waals surface area contributed by atoms with Crippen molar-refractivity contribution < 1.29 is 9.53 Å². The second kappa shape index (κ2) is 10.2. The van der Waals surface area contributed by atoms with Crippen LogP contribution in [-0.2, 0) is 4.79 Å². The molecule has 2 heterocycles. The maximum atomic E-state index is 13.5. The molecule has 1 amide bonds. The number of fused-ring (bicyclic) bond motifs is 1. The minimum Gasteiger partial charge on any atom is -0.497 e. The number of nitrogens with zero attached hydrogens (tertiary/aromatic N) is 3. The molecule has 0 saturated carbocycles. The van der Waals surface area contributed by atoms with Gasteiger partial charge in [-0.05, 0) is 67.3 Å². The number of rotatable bonds is 6. The van der Waals surface area contributed by atoms with Crippen LogP contribution in [0.25, 0.3) is 10.9 Å². The Bertz CT molecular complexity index is 1450. The number of ether oxygens (including phenoxy) is 1. The summed E-state index contributed by atoms with van der Waals surface area (Å²) in [7, 11) is 1.65. The van der Waals surface area contributed by atoms with E-state index in [-0.39, 0.29) is 17.7 Å². The van der Waals surface area contributed by atoms with E-state index >= 15 is 0 Å². The summed E-state index contributed by atoms with van der Waals surface area (Å²) in [6, 6.07) is 24.2. The summed E-state index contributed by atoms with van der Waals surface area (Å²) in [6.45, 7) is 6.29. The summed E-state index contributed by atoms with van der Waals surface area (Å²) >= 11 is 1.47. The van der Waals surface area contributed by atoms with Gasteiger partial charge in [-0.25, -0.2) is 9.99 Å². The summed E-state index contributed by atoms with van der Waals surface area (Å²) in [6.07, 6.45) is 0.665. The van der Waals surface area contributed by atoms with E-state index in [0.717, 1.165) is 38.7 Å². The molecule has 1 atom stereocenters. The van der Waals surface area contributed by atoms with Crippen molar-refractivity contribution in [2.45, 2.75) is 38.3 Å². The predicted molar refractivity (Wildman–Crippen MR) is 147 cm³/mol. The Morgan fingerprint density at radius 2 is 1.75 bits per heavy atom. The number of methoxy groups -OCH3 is 1. The van der Waals surface area contributed by atoms with Gasteiger partial charge in [0.1, 0.15) is 5.75 Å². The number of benzene rings is 3. The van der Waals surface area contributed by atoms with Crippen molar-refractivity contribution in [1.29, 1.82) is 0 Å². The topological polar surface area (TPSA) is 54.8 Å². The van der Waals surface area contributed by atoms with Crippen LogP contribution < -0.4 is 4.74 Å². The van der Waals surface area contributed by atoms with Crippen LogP contribution in [0.15, 0.2) is 82.9 Å². The summed E-state index contributed by atoms with van der Waals surface area (Å²) in [5.41, 5.74) is 7.54. The van der Waals surface area contributed by atoms with Crippen LogP contribution in [0.4, 0.5) is 0 Å². The third-order valence-corrected chi connectivity index (χ3v) is 7.44. The fraction of sp³-hybridized carbons (Fsp3) is 0.233. The first-order valence-electron chi connectivity index (χ1n) is 12.0. The van der Waals surface area contributed by atoms with Gasteiger partial charge in [0.15, 0.2) is 0 Å². The molecule has 0 radical (unpaired) electrons. The molecule has 4 aromatic rings. The highest BCUT2D eigenvalue weighted by atomic mass is 32.2. The monoisotopic (exact) mass is 495 g/mol. The lowest BCUT2D eigenvalue weighted by Crippen LogP contribution is -2.28. The summed E-state index contributed by atoms with van der Waals surface area (Å²) < 4.78 is 5.32. The summed E-state index contributed by atoms with van der Waals surface area (Å²) in [5, 5.41) is 8.47. The summed E-state index contributed by atoms with van der Waals surface area (Å²) in [4.78, 5) is 18.4. The number of amides is 1. The highest BCUT2D eigenvalue weighted by Crippen LogP contribution is 2.35. The molecule has 1 aliphatic rings. The van der Waals surface area contributed by atoms with Gasteiger partial charge in [-0.2, -0.15) is 5.10 Å². The maximum Gasteiger partial charge on any atom is 0.253 e. The highest BCUT2D eigenvalue weighted by Gasteiger charge is 2.33. The molecule has 6 heteroatoms. The fourth-order valence-corrected chi connectivity index (χ4v) is 5.54. The molecule has 182 valence electrons. The van der Waals surface area contributed by atoms with Gasteiger partial charge in [-0.3, -0.25) is 4.79 Å². The molecule has 3 aromatic carbocycles. The standard InChI is InChI=1S/C30H29N3O2S/c1-19-14-21(3)30-25(15-19)20(2)16-28(31-30)36-18-29(34)33-27(23-10-12-24(35-4)13-11-23)17-26(32-33)22-8-6-5-7-9-22/h5-16,27H,17-18H2,1-4H3. The van der Waals surface area contributed by atoms with E-state index in [1.165, 1.54) is 28.3 Å². The average Bonchev–Trinajstić information content (AvgIpc) is 3.34. The van der Waals surface area contributed by atoms with E-state index in [1.54, 1.807) is 12.1 Å². The number of hydrogen-bond acceptors (Lipinski definition) is 5. The Kier molecular flexibility index (Phi) is 6.79. The quantitative estimate of drug-likeness (QED) is 0.281. The molecule has 1 aromatic heterocycles. The molecule has 5 rings (SSSR count). The third kappa shape index (κ3) is 4.86. The minimum absolute atomic E-state index is 0.0353. The van der Waals surface area contributed by atoms with Gasteiger partial charge in [0, 0.05) is 11.8 Å². The number of hydrazone groups is 1. The molecule has 0 bridgehead atoms. The predicted octanol–water partition coefficient (Wildman–Crippen LogP) is 6.64. The smallest absolute Gasteiger partial charge is 0.253 e. The lowest BCUT2D eigenvalue weighted by molar-refractivity contribution is -0.130. The second-order valence-corrected chi connectivity index (χ2v) is 10.2. The van der Waals surface area contributed by atoms with Gasteiger partial charge in [0.2, 0.25) is 0 Å². The van der Waals surface area contributed by atoms with Crippen molar-refractivity contribution in [3.63, 3.8) is 0 Å². The Balaban J connectivity index is 1.40. The zero-order chi connectivity index (χ0) is 25.2. The van der Waals surface area contributed by atoms with Crippen molar-refractivity contribution in [2.75, 3.05) is 12.9 Å². The van der Waals surface area contributed by atoms with Gasteiger partial charge < -0.3 is 4.74 Å². The number of aromatic nitrogens is 1. The zero-order valence-electron chi connectivity index (χ0n) is 21.0. The highest BCUT2D eigenvalue weighted by molar-refractivity contribution is 7.99. The molecule has 5 nitrogen and oxygen atoms in total. The van der Waals surface area contributed by atoms with Gasteiger partial charge in [0.25, 0.3) is 5.91 Å². The van der Waals surface area contributed by atoms with Crippen LogP contribution in [-0.4, -0.2) is 34.5 Å². The van der Waals surface area contributed by atoms with Crippen molar-refractivity contribution in [2.24, 2.45) is 5.10 Å². The van der Waals surface area contributed by atoms with Crippen LogP contribution in [0.1, 0.15) is 40.3 Å². The average molecular weight is 496 g/mol. The van der Waals surface area contributed by atoms with Crippen molar-refractivity contribution in [3.05, 3.63) is 101 Å². The molecule has 0 aliphatic carbocycles. The fourth-order valence-electron chi connectivity index (χ4n) is 4.72. The van der Waals surface area contributed by atoms with Crippen LogP contribution in [0.3, 0.4) is 0 Å². The van der Waals surface area contributed by atoms with Gasteiger partial charge >= 0.3 is 0 Å². The normalized spacial score (nSPS) is 15.3. The van der Waals surface area contributed by atoms with Crippen LogP contribution in [0, 0.1) is 20.8 Å². The van der Waals surface area contributed by atoms with E-state index in [2.05, 4.69) is 39.0 Å². The van der Waals surface area contributed by atoms with Crippen LogP contribution >= 0.6 is 11.8 Å². The molecule has 1 unspecified atom stereocenters. The molecule has 1 aliphatic heterocycles. The first-order valence-corrected chi connectivity index (χ1v) is 13.0. The van der Waals surface area contributed by atoms with Crippen molar-refractivity contribution in [3.8, 4) is 5.75 Å². The Hall–Kier alpha value is -3.64. The first kappa shape index (κ1) is 24.1. The lowest BCUT2D eigenvalue weighted by atomic mass is 9.98. The molecule has 0 spiro atoms. The van der Waals surface area contributed by atoms with Crippen molar-refractivity contribution in [1.82, 2.24) is 9.99 Å². The first-order chi connectivity index (χ1) is 17.4.